The van der Waals surface area contributed by atoms with Crippen LogP contribution in [-0.2, 0) is 76.7 Å². The molecule has 16 atom stereocenters. The van der Waals surface area contributed by atoms with Gasteiger partial charge >= 0.3 is 5.97 Å². The zero-order valence-corrected chi connectivity index (χ0v) is 80.8. The van der Waals surface area contributed by atoms with Crippen molar-refractivity contribution in [2.75, 3.05) is 91.6 Å². The highest BCUT2D eigenvalue weighted by Gasteiger charge is 2.49. The van der Waals surface area contributed by atoms with E-state index in [1.807, 2.05) is 0 Å². The molecular weight excluding hydrogens is 1820 g/mol. The maximum atomic E-state index is 15.3. The molecule has 40 N–H and O–H groups in total. The Labute approximate surface area is 814 Å². The summed E-state index contributed by atoms with van der Waals surface area (Å²) in [5.41, 5.74) is 44.8. The number of nitrogens with two attached hydrogens (primary N) is 8. The van der Waals surface area contributed by atoms with Gasteiger partial charge in [-0.1, -0.05) is 34.1 Å². The molecule has 6 fully saturated rings. The highest BCUT2D eigenvalue weighted by molar-refractivity contribution is 6.02. The van der Waals surface area contributed by atoms with Gasteiger partial charge in [0.25, 0.3) is 0 Å². The highest BCUT2D eigenvalue weighted by Crippen LogP contribution is 2.30. The van der Waals surface area contributed by atoms with Crippen LogP contribution in [0, 0.1) is 49.7 Å². The SMILES string of the molecule is CC[C@H](C)[C@H](NC(=O)[C@H](CCCNC(=N)N)NC(=O)[C@@H](N)CCCNC(=N)N)C(=O)N[C@@H](CCCNC(=N)N)C(=O)N1CCC[C@H]1C(=O)N[C@@H](CCCNC(=N)N)C(=O)N1CCC[C@H]1C(=O)N1CCC[C@H]1C(=O)N[C@@H](CCCNC(=N)N)C(=O)N[C@@H](CC(C)C)C(=O)N1CCC[C@H]1C(=O)NCC(=O)N1CCC[C@H]1C(=O)N[C@@H](CCCNC(=N)N)C(=O)N1CCC[C@H]1C(=O)N[C@@H](CCCNC(=N)N)C(=O)O. The minimum absolute atomic E-state index is 0.00208. The molecule has 15 amide bonds. The van der Waals surface area contributed by atoms with Crippen LogP contribution < -0.4 is 131 Å². The first-order valence-electron chi connectivity index (χ1n) is 48.5. The first kappa shape index (κ1) is 115. The van der Waals surface area contributed by atoms with Crippen molar-refractivity contribution in [1.29, 1.82) is 37.9 Å². The Bertz CT molecular complexity index is 4360. The maximum Gasteiger partial charge on any atom is 0.326 e. The van der Waals surface area contributed by atoms with Gasteiger partial charge in [0.2, 0.25) is 88.6 Å². The summed E-state index contributed by atoms with van der Waals surface area (Å²) in [5.74, 6) is -15.2. The van der Waals surface area contributed by atoms with Gasteiger partial charge in [-0.2, -0.15) is 0 Å². The number of carboxylic acids is 1. The van der Waals surface area contributed by atoms with Crippen LogP contribution in [0.15, 0.2) is 0 Å². The molecule has 6 rings (SSSR count). The third-order valence-corrected chi connectivity index (χ3v) is 25.6. The number of amides is 15. The predicted octanol–water partition coefficient (Wildman–Crippen LogP) is -8.73. The minimum atomic E-state index is -1.39. The van der Waals surface area contributed by atoms with E-state index in [9.17, 15) is 67.4 Å². The molecule has 0 bridgehead atoms. The van der Waals surface area contributed by atoms with E-state index in [1.165, 1.54) is 29.4 Å². The number of rotatable bonds is 57. The van der Waals surface area contributed by atoms with Gasteiger partial charge in [-0.15, -0.1) is 0 Å². The number of nitrogens with one attached hydrogen (secondary N) is 23. The van der Waals surface area contributed by atoms with E-state index >= 15 is 14.4 Å². The van der Waals surface area contributed by atoms with Crippen LogP contribution in [0.2, 0.25) is 0 Å². The fourth-order valence-corrected chi connectivity index (χ4v) is 18.2. The molecule has 6 aliphatic heterocycles. The quantitative estimate of drug-likeness (QED) is 0.0153. The molecule has 54 nitrogen and oxygen atoms in total. The van der Waals surface area contributed by atoms with Crippen molar-refractivity contribution >= 4 is 136 Å². The lowest BCUT2D eigenvalue weighted by Crippen LogP contribution is -2.61. The van der Waals surface area contributed by atoms with Crippen LogP contribution >= 0.6 is 0 Å². The monoisotopic (exact) mass is 1980 g/mol. The van der Waals surface area contributed by atoms with Gasteiger partial charge < -0.3 is 165 Å². The second-order valence-corrected chi connectivity index (χ2v) is 36.7. The number of carboxylic acid groups (broad SMARTS) is 1. The van der Waals surface area contributed by atoms with Gasteiger partial charge in [-0.3, -0.25) is 110 Å². The second-order valence-electron chi connectivity index (χ2n) is 36.7. The van der Waals surface area contributed by atoms with Crippen LogP contribution in [0.4, 0.5) is 0 Å². The number of hydrogen-bond donors (Lipinski definition) is 32. The number of carbonyl (C=O) groups is 16. The molecule has 0 spiro atoms. The summed E-state index contributed by atoms with van der Waals surface area (Å²) in [5, 5.41) is 107. The number of guanidine groups is 7. The Morgan fingerprint density at radius 3 is 0.957 bits per heavy atom. The third-order valence-electron chi connectivity index (χ3n) is 25.6. The standard InChI is InChI=1S/C86H153N37O17/c1-5-48(4)64(117-67(127)51(21-8-34-104-82(92)93)110-65(125)49(87)19-6-32-102-80(88)89)73(133)114-54(24-11-37-107-85(98)99)75(135)120-41-15-28-59(120)71(131)113-53(23-10-36-106-84(96)97)76(136)123-44-18-31-62(123)78(138)122-43-17-30-61(122)70(130)111-50(20-7-33-103-81(90)91)66(126)116-56(45-47(2)3)77(137)119-40-14-26-57(119)68(128)109-46-63(124)118-39-13-27-58(118)69(129)112-52(22-9-35-105-83(94)95)74(134)121-42-16-29-60(121)72(132)115-55(79(139)140)25-12-38-108-86(100)101/h47-62,64H,5-46,87H2,1-4H3,(H,109,128)(H,110,125)(H,111,130)(H,112,129)(H,113,131)(H,114,133)(H,115,132)(H,116,126)(H,117,127)(H,139,140)(H4,88,89,102)(H4,90,91,103)(H4,92,93,104)(H4,94,95,105)(H4,96,97,106)(H4,98,99,107)(H4,100,101,108)/t48-,49-,50-,51-,52-,53-,54-,55-,56-,57-,58-,59-,60-,61-,62-,64-/m0/s1. The number of carbonyl (C=O) groups excluding carboxylic acids is 15. The van der Waals surface area contributed by atoms with Crippen LogP contribution in [0.5, 0.6) is 0 Å². The molecular formula is C86H153N37O17. The molecule has 6 saturated heterocycles. The molecule has 0 aromatic heterocycles. The van der Waals surface area contributed by atoms with Crippen molar-refractivity contribution in [2.45, 2.75) is 298 Å². The molecule has 0 radical (unpaired) electrons. The summed E-state index contributed by atoms with van der Waals surface area (Å²) >= 11 is 0. The van der Waals surface area contributed by atoms with Gasteiger partial charge in [0, 0.05) is 85.1 Å². The van der Waals surface area contributed by atoms with E-state index in [2.05, 4.69) is 85.1 Å². The number of likely N-dealkylation sites (tertiary alicyclic amines) is 6. The Balaban J connectivity index is 1.14. The van der Waals surface area contributed by atoms with Crippen LogP contribution in [0.3, 0.4) is 0 Å². The fraction of sp³-hybridized carbons (Fsp3) is 0.733. The molecule has 140 heavy (non-hydrogen) atoms. The molecule has 0 unspecified atom stereocenters. The second kappa shape index (κ2) is 58.3. The minimum Gasteiger partial charge on any atom is -0.480 e. The van der Waals surface area contributed by atoms with Crippen molar-refractivity contribution in [3.8, 4) is 0 Å². The van der Waals surface area contributed by atoms with E-state index in [0.717, 1.165) is 0 Å². The van der Waals surface area contributed by atoms with Crippen LogP contribution in [0.1, 0.15) is 207 Å². The zero-order chi connectivity index (χ0) is 104. The van der Waals surface area contributed by atoms with E-state index in [4.69, 9.17) is 83.7 Å². The molecule has 0 aliphatic carbocycles. The number of nitrogens with zero attached hydrogens (tertiary/aromatic N) is 6. The number of aliphatic carboxylic acids is 1. The lowest BCUT2D eigenvalue weighted by molar-refractivity contribution is -0.148. The normalized spacial score (nSPS) is 19.8. The van der Waals surface area contributed by atoms with Gasteiger partial charge in [0.05, 0.1) is 12.6 Å². The van der Waals surface area contributed by atoms with Crippen molar-refractivity contribution in [2.24, 2.45) is 57.7 Å². The van der Waals surface area contributed by atoms with Gasteiger partial charge in [0.15, 0.2) is 41.7 Å². The van der Waals surface area contributed by atoms with Crippen molar-refractivity contribution in [3.05, 3.63) is 0 Å². The summed E-state index contributed by atoms with van der Waals surface area (Å²) in [6, 6.07) is -18.6. The van der Waals surface area contributed by atoms with Crippen LogP contribution in [-0.4, -0.2) is 353 Å². The maximum absolute atomic E-state index is 15.3. The molecule has 0 aromatic carbocycles. The van der Waals surface area contributed by atoms with E-state index in [1.54, 1.807) is 27.7 Å². The van der Waals surface area contributed by atoms with E-state index < -0.39 is 198 Å². The Morgan fingerprint density at radius 1 is 0.314 bits per heavy atom. The van der Waals surface area contributed by atoms with Gasteiger partial charge in [-0.05, 0) is 185 Å². The highest BCUT2D eigenvalue weighted by atomic mass is 16.4. The average molecular weight is 1980 g/mol. The summed E-state index contributed by atoms with van der Waals surface area (Å²) < 4.78 is 0. The first-order valence-corrected chi connectivity index (χ1v) is 48.5. The summed E-state index contributed by atoms with van der Waals surface area (Å²) in [7, 11) is 0. The number of hydrogen-bond acceptors (Lipinski definition) is 24. The van der Waals surface area contributed by atoms with Crippen molar-refractivity contribution < 1.29 is 81.8 Å². The molecule has 54 heteroatoms. The Hall–Kier alpha value is -13.6. The predicted molar refractivity (Wildman–Crippen MR) is 515 cm³/mol. The lowest BCUT2D eigenvalue weighted by Gasteiger charge is -2.34. The molecule has 0 saturated carbocycles. The van der Waals surface area contributed by atoms with E-state index in [0.29, 0.717) is 51.4 Å². The largest absolute Gasteiger partial charge is 0.480 e. The topological polar surface area (TPSA) is 880 Å². The van der Waals surface area contributed by atoms with Crippen molar-refractivity contribution in [1.82, 2.24) is 114 Å². The van der Waals surface area contributed by atoms with Crippen molar-refractivity contribution in [3.63, 3.8) is 0 Å². The summed E-state index contributed by atoms with van der Waals surface area (Å²) in [6.07, 6.45) is 4.49. The van der Waals surface area contributed by atoms with Crippen LogP contribution in [0.25, 0.3) is 0 Å². The third kappa shape index (κ3) is 36.9. The lowest BCUT2D eigenvalue weighted by atomic mass is 9.96. The first-order chi connectivity index (χ1) is 66.4. The average Bonchev–Trinajstić information content (AvgIpc) is 1.64. The van der Waals surface area contributed by atoms with E-state index in [-0.39, 0.29) is 261 Å². The molecule has 0 aromatic rings. The fourth-order valence-electron chi connectivity index (χ4n) is 18.2. The summed E-state index contributed by atoms with van der Waals surface area (Å²) in [6.45, 7) is 7.70. The smallest absolute Gasteiger partial charge is 0.326 e. The Morgan fingerprint density at radius 2 is 0.586 bits per heavy atom. The van der Waals surface area contributed by atoms with Gasteiger partial charge in [0.1, 0.15) is 84.6 Å². The summed E-state index contributed by atoms with van der Waals surface area (Å²) in [4.78, 5) is 239. The molecule has 6 aliphatic rings. The molecule has 6 heterocycles. The molecule has 784 valence electrons. The zero-order valence-electron chi connectivity index (χ0n) is 80.8. The van der Waals surface area contributed by atoms with Gasteiger partial charge in [-0.25, -0.2) is 4.79 Å². The Kier molecular flexibility index (Phi) is 47.9.